The van der Waals surface area contributed by atoms with Crippen LogP contribution in [0.25, 0.3) is 0 Å². The fourth-order valence-electron chi connectivity index (χ4n) is 2.32. The molecule has 0 aliphatic rings. The third kappa shape index (κ3) is 7.29. The van der Waals surface area contributed by atoms with Crippen LogP contribution >= 0.6 is 23.2 Å². The van der Waals surface area contributed by atoms with Crippen LogP contribution in [0.15, 0.2) is 36.4 Å². The quantitative estimate of drug-likeness (QED) is 0.605. The topological polar surface area (TPSA) is 76.7 Å². The molecule has 0 aromatic heterocycles. The third-order valence-electron chi connectivity index (χ3n) is 3.73. The minimum Gasteiger partial charge on any atom is -0.484 e. The Morgan fingerprint density at radius 3 is 1.79 bits per heavy atom. The smallest absolute Gasteiger partial charge is 0.258 e. The largest absolute Gasteiger partial charge is 0.484 e. The Morgan fingerprint density at radius 1 is 0.821 bits per heavy atom. The Labute approximate surface area is 174 Å². The molecule has 0 radical (unpaired) electrons. The van der Waals surface area contributed by atoms with Gasteiger partial charge < -0.3 is 20.1 Å². The molecule has 0 bridgehead atoms. The Morgan fingerprint density at radius 2 is 1.29 bits per heavy atom. The highest BCUT2D eigenvalue weighted by Crippen LogP contribution is 2.25. The van der Waals surface area contributed by atoms with Gasteiger partial charge in [0.15, 0.2) is 13.2 Å². The number of benzene rings is 2. The molecule has 2 N–H and O–H groups in total. The molecule has 0 unspecified atom stereocenters. The standard InChI is InChI=1S/C20H22Cl2N2O4/c1-13-9-17(10-14(2)20(13)22)28-12-19(26)24-8-7-23-18(25)11-27-16-5-3-15(21)4-6-16/h3-6,9-10H,7-8,11-12H2,1-2H3,(H,23,25)(H,24,26). The summed E-state index contributed by atoms with van der Waals surface area (Å²) in [6, 6.07) is 10.3. The second-order valence-corrected chi connectivity index (χ2v) is 6.92. The highest BCUT2D eigenvalue weighted by Gasteiger charge is 2.07. The van der Waals surface area contributed by atoms with Gasteiger partial charge in [0.05, 0.1) is 0 Å². The van der Waals surface area contributed by atoms with Crippen molar-refractivity contribution in [2.45, 2.75) is 13.8 Å². The zero-order valence-corrected chi connectivity index (χ0v) is 17.2. The SMILES string of the molecule is Cc1cc(OCC(=O)NCCNC(=O)COc2ccc(Cl)cc2)cc(C)c1Cl. The highest BCUT2D eigenvalue weighted by atomic mass is 35.5. The first-order valence-electron chi connectivity index (χ1n) is 8.66. The number of amides is 2. The summed E-state index contributed by atoms with van der Waals surface area (Å²) in [5, 5.41) is 6.61. The molecule has 0 aliphatic carbocycles. The number of halogens is 2. The fraction of sp³-hybridized carbons (Fsp3) is 0.300. The molecule has 2 aromatic rings. The number of hydrogen-bond donors (Lipinski definition) is 2. The van der Waals surface area contributed by atoms with E-state index in [-0.39, 0.29) is 38.1 Å². The number of ether oxygens (including phenoxy) is 2. The number of aryl methyl sites for hydroxylation is 2. The molecule has 0 atom stereocenters. The zero-order valence-electron chi connectivity index (χ0n) is 15.7. The van der Waals surface area contributed by atoms with Gasteiger partial charge >= 0.3 is 0 Å². The van der Waals surface area contributed by atoms with Crippen LogP contribution in [0, 0.1) is 13.8 Å². The number of carbonyl (C=O) groups is 2. The van der Waals surface area contributed by atoms with Crippen LogP contribution in [0.4, 0.5) is 0 Å². The molecule has 0 saturated carbocycles. The first-order valence-corrected chi connectivity index (χ1v) is 9.42. The van der Waals surface area contributed by atoms with E-state index in [1.165, 1.54) is 0 Å². The van der Waals surface area contributed by atoms with E-state index in [9.17, 15) is 9.59 Å². The number of nitrogens with one attached hydrogen (secondary N) is 2. The van der Waals surface area contributed by atoms with E-state index in [1.807, 2.05) is 13.8 Å². The van der Waals surface area contributed by atoms with E-state index in [0.29, 0.717) is 21.5 Å². The van der Waals surface area contributed by atoms with Crippen molar-refractivity contribution in [1.29, 1.82) is 0 Å². The van der Waals surface area contributed by atoms with E-state index in [2.05, 4.69) is 10.6 Å². The lowest BCUT2D eigenvalue weighted by Gasteiger charge is -2.11. The van der Waals surface area contributed by atoms with Crippen molar-refractivity contribution in [3.8, 4) is 11.5 Å². The molecule has 2 amide bonds. The van der Waals surface area contributed by atoms with Crippen molar-refractivity contribution >= 4 is 35.0 Å². The first kappa shape index (κ1) is 21.9. The molecule has 8 heteroatoms. The summed E-state index contributed by atoms with van der Waals surface area (Å²) in [4.78, 5) is 23.5. The van der Waals surface area contributed by atoms with Gasteiger partial charge in [0.1, 0.15) is 11.5 Å². The van der Waals surface area contributed by atoms with Crippen molar-refractivity contribution in [3.05, 3.63) is 57.6 Å². The highest BCUT2D eigenvalue weighted by molar-refractivity contribution is 6.32. The van der Waals surface area contributed by atoms with Gasteiger partial charge in [0.25, 0.3) is 11.8 Å². The van der Waals surface area contributed by atoms with Crippen molar-refractivity contribution in [2.24, 2.45) is 0 Å². The Hall–Kier alpha value is -2.44. The molecule has 0 fully saturated rings. The summed E-state index contributed by atoms with van der Waals surface area (Å²) in [6.45, 7) is 4.09. The maximum atomic E-state index is 11.8. The van der Waals surface area contributed by atoms with Crippen molar-refractivity contribution in [2.75, 3.05) is 26.3 Å². The maximum absolute atomic E-state index is 11.8. The molecular formula is C20H22Cl2N2O4. The molecular weight excluding hydrogens is 403 g/mol. The molecule has 0 aliphatic heterocycles. The molecule has 28 heavy (non-hydrogen) atoms. The molecule has 2 rings (SSSR count). The van der Waals surface area contributed by atoms with Gasteiger partial charge in [-0.15, -0.1) is 0 Å². The lowest BCUT2D eigenvalue weighted by Crippen LogP contribution is -2.38. The molecule has 0 heterocycles. The van der Waals surface area contributed by atoms with Crippen LogP contribution in [-0.2, 0) is 9.59 Å². The van der Waals surface area contributed by atoms with Crippen LogP contribution in [0.2, 0.25) is 10.0 Å². The number of carbonyl (C=O) groups excluding carboxylic acids is 2. The average Bonchev–Trinajstić information content (AvgIpc) is 2.67. The van der Waals surface area contributed by atoms with Crippen LogP contribution in [0.3, 0.4) is 0 Å². The van der Waals surface area contributed by atoms with Crippen LogP contribution in [-0.4, -0.2) is 38.1 Å². The van der Waals surface area contributed by atoms with Gasteiger partial charge in [0, 0.05) is 23.1 Å². The van der Waals surface area contributed by atoms with E-state index in [1.54, 1.807) is 36.4 Å². The van der Waals surface area contributed by atoms with Gasteiger partial charge in [-0.3, -0.25) is 9.59 Å². The van der Waals surface area contributed by atoms with Crippen molar-refractivity contribution in [3.63, 3.8) is 0 Å². The summed E-state index contributed by atoms with van der Waals surface area (Å²) in [5.74, 6) is 0.573. The predicted molar refractivity (Wildman–Crippen MR) is 109 cm³/mol. The molecule has 2 aromatic carbocycles. The third-order valence-corrected chi connectivity index (χ3v) is 4.58. The van der Waals surface area contributed by atoms with Gasteiger partial charge in [-0.25, -0.2) is 0 Å². The van der Waals surface area contributed by atoms with Gasteiger partial charge in [-0.2, -0.15) is 0 Å². The minimum absolute atomic E-state index is 0.117. The van der Waals surface area contributed by atoms with Gasteiger partial charge in [-0.05, 0) is 61.4 Å². The second-order valence-electron chi connectivity index (χ2n) is 6.10. The monoisotopic (exact) mass is 424 g/mol. The second kappa shape index (κ2) is 10.8. The van der Waals surface area contributed by atoms with Crippen molar-refractivity contribution < 1.29 is 19.1 Å². The van der Waals surface area contributed by atoms with Crippen molar-refractivity contribution in [1.82, 2.24) is 10.6 Å². The average molecular weight is 425 g/mol. The van der Waals surface area contributed by atoms with Gasteiger partial charge in [0.2, 0.25) is 0 Å². The van der Waals surface area contributed by atoms with E-state index in [4.69, 9.17) is 32.7 Å². The maximum Gasteiger partial charge on any atom is 0.258 e. The minimum atomic E-state index is -0.285. The fourth-order valence-corrected chi connectivity index (χ4v) is 2.56. The summed E-state index contributed by atoms with van der Waals surface area (Å²) in [5.41, 5.74) is 1.78. The molecule has 0 spiro atoms. The zero-order chi connectivity index (χ0) is 20.5. The summed E-state index contributed by atoms with van der Waals surface area (Å²) in [7, 11) is 0. The molecule has 150 valence electrons. The van der Waals surface area contributed by atoms with E-state index < -0.39 is 0 Å². The normalized spacial score (nSPS) is 10.3. The first-order chi connectivity index (χ1) is 13.3. The van der Waals surface area contributed by atoms with Gasteiger partial charge in [-0.1, -0.05) is 23.2 Å². The Bertz CT molecular complexity index is 802. The van der Waals surface area contributed by atoms with E-state index in [0.717, 1.165) is 11.1 Å². The van der Waals surface area contributed by atoms with Crippen LogP contribution in [0.5, 0.6) is 11.5 Å². The lowest BCUT2D eigenvalue weighted by molar-refractivity contribution is -0.124. The Kier molecular flexibility index (Phi) is 8.42. The lowest BCUT2D eigenvalue weighted by atomic mass is 10.1. The summed E-state index contributed by atoms with van der Waals surface area (Å²) in [6.07, 6.45) is 0. The molecule has 6 nitrogen and oxygen atoms in total. The Balaban J connectivity index is 1.60. The number of rotatable bonds is 9. The summed E-state index contributed by atoms with van der Waals surface area (Å²) < 4.78 is 10.8. The predicted octanol–water partition coefficient (Wildman–Crippen LogP) is 3.30. The number of hydrogen-bond acceptors (Lipinski definition) is 4. The van der Waals surface area contributed by atoms with E-state index >= 15 is 0 Å². The summed E-state index contributed by atoms with van der Waals surface area (Å²) >= 11 is 11.9. The van der Waals surface area contributed by atoms with Crippen LogP contribution < -0.4 is 20.1 Å². The molecule has 0 saturated heterocycles. The van der Waals surface area contributed by atoms with Crippen LogP contribution in [0.1, 0.15) is 11.1 Å².